The number of carbonyl (C=O) groups excluding carboxylic acids is 2. The summed E-state index contributed by atoms with van der Waals surface area (Å²) in [5.41, 5.74) is 1.97. The number of hydroxylamine groups is 1. The van der Waals surface area contributed by atoms with Gasteiger partial charge < -0.3 is 9.47 Å². The molecule has 2 aliphatic heterocycles. The Hall–Kier alpha value is -3.55. The second kappa shape index (κ2) is 8.42. The highest BCUT2D eigenvalue weighted by atomic mass is 35.5. The van der Waals surface area contributed by atoms with Gasteiger partial charge in [-0.3, -0.25) is 14.4 Å². The van der Waals surface area contributed by atoms with Gasteiger partial charge in [-0.2, -0.15) is 0 Å². The molecule has 7 nitrogen and oxygen atoms in total. The van der Waals surface area contributed by atoms with Crippen LogP contribution in [0.25, 0.3) is 0 Å². The van der Waals surface area contributed by atoms with Gasteiger partial charge in [0, 0.05) is 5.02 Å². The van der Waals surface area contributed by atoms with Crippen molar-refractivity contribution < 1.29 is 23.9 Å². The summed E-state index contributed by atoms with van der Waals surface area (Å²) in [7, 11) is 3.11. The lowest BCUT2D eigenvalue weighted by molar-refractivity contribution is -0.126. The maximum atomic E-state index is 13.6. The van der Waals surface area contributed by atoms with Crippen LogP contribution in [0.5, 0.6) is 11.5 Å². The molecular weight excluding hydrogens is 444 g/mol. The zero-order valence-corrected chi connectivity index (χ0v) is 18.7. The predicted molar refractivity (Wildman–Crippen MR) is 124 cm³/mol. The van der Waals surface area contributed by atoms with E-state index in [1.807, 2.05) is 42.5 Å². The first-order chi connectivity index (χ1) is 16.0. The second-order valence-electron chi connectivity index (χ2n) is 7.76. The van der Waals surface area contributed by atoms with Gasteiger partial charge in [0.25, 0.3) is 5.91 Å². The number of rotatable bonds is 5. The molecule has 3 aromatic rings. The van der Waals surface area contributed by atoms with Crippen LogP contribution in [0.2, 0.25) is 5.02 Å². The summed E-state index contributed by atoms with van der Waals surface area (Å²) >= 11 is 5.99. The zero-order valence-electron chi connectivity index (χ0n) is 18.0. The van der Waals surface area contributed by atoms with Crippen molar-refractivity contribution in [1.82, 2.24) is 0 Å². The number of benzene rings is 3. The Labute approximate surface area is 196 Å². The molecule has 5 rings (SSSR count). The third kappa shape index (κ3) is 3.50. The van der Waals surface area contributed by atoms with Crippen LogP contribution in [0.15, 0.2) is 72.8 Å². The SMILES string of the molecule is COc1ccc([C@H]2[C@H]3C(=O)N(c4ccc(Cl)cc4)C(=O)[C@H]3ON2c2ccccc2)cc1OC. The molecule has 168 valence electrons. The Balaban J connectivity index is 1.60. The van der Waals surface area contributed by atoms with E-state index < -0.39 is 24.0 Å². The van der Waals surface area contributed by atoms with E-state index in [0.29, 0.717) is 22.2 Å². The topological polar surface area (TPSA) is 68.3 Å². The van der Waals surface area contributed by atoms with Crippen molar-refractivity contribution in [2.24, 2.45) is 5.92 Å². The van der Waals surface area contributed by atoms with E-state index in [4.69, 9.17) is 25.9 Å². The summed E-state index contributed by atoms with van der Waals surface area (Å²) < 4.78 is 10.8. The van der Waals surface area contributed by atoms with E-state index >= 15 is 0 Å². The van der Waals surface area contributed by atoms with E-state index in [9.17, 15) is 9.59 Å². The molecule has 2 saturated heterocycles. The van der Waals surface area contributed by atoms with Crippen LogP contribution in [-0.2, 0) is 14.4 Å². The van der Waals surface area contributed by atoms with Crippen LogP contribution in [0.3, 0.4) is 0 Å². The fourth-order valence-electron chi connectivity index (χ4n) is 4.43. The lowest BCUT2D eigenvalue weighted by Crippen LogP contribution is -2.37. The Kier molecular flexibility index (Phi) is 5.44. The van der Waals surface area contributed by atoms with E-state index in [1.165, 1.54) is 4.90 Å². The van der Waals surface area contributed by atoms with Crippen LogP contribution in [0.1, 0.15) is 11.6 Å². The number of ether oxygens (including phenoxy) is 2. The molecule has 0 saturated carbocycles. The van der Waals surface area contributed by atoms with Crippen molar-refractivity contribution in [2.45, 2.75) is 12.1 Å². The number of hydrogen-bond donors (Lipinski definition) is 0. The predicted octanol–water partition coefficient (Wildman–Crippen LogP) is 4.41. The smallest absolute Gasteiger partial charge is 0.266 e. The van der Waals surface area contributed by atoms with Crippen LogP contribution in [0.4, 0.5) is 11.4 Å². The normalized spacial score (nSPS) is 22.0. The van der Waals surface area contributed by atoms with Gasteiger partial charge in [-0.15, -0.1) is 0 Å². The molecule has 0 bridgehead atoms. The molecule has 3 atom stereocenters. The molecule has 0 aliphatic carbocycles. The monoisotopic (exact) mass is 464 g/mol. The number of fused-ring (bicyclic) bond motifs is 1. The van der Waals surface area contributed by atoms with Crippen molar-refractivity contribution in [1.29, 1.82) is 0 Å². The number of amides is 2. The molecule has 0 aromatic heterocycles. The van der Waals surface area contributed by atoms with E-state index in [1.54, 1.807) is 49.6 Å². The average Bonchev–Trinajstić information content (AvgIpc) is 3.36. The number of hydrogen-bond acceptors (Lipinski definition) is 6. The van der Waals surface area contributed by atoms with Crippen molar-refractivity contribution in [3.05, 3.63) is 83.4 Å². The minimum atomic E-state index is -0.952. The quantitative estimate of drug-likeness (QED) is 0.521. The standard InChI is InChI=1S/C25H21ClN2O5/c1-31-19-13-8-15(14-20(19)32-2)22-21-23(33-28(22)18-6-4-3-5-7-18)25(30)27(24(21)29)17-11-9-16(26)10-12-17/h3-14,21-23H,1-2H3/t21-,22+,23+/m1/s1. The van der Waals surface area contributed by atoms with Crippen molar-refractivity contribution in [2.75, 3.05) is 24.2 Å². The van der Waals surface area contributed by atoms with Crippen molar-refractivity contribution in [3.8, 4) is 11.5 Å². The summed E-state index contributed by atoms with van der Waals surface area (Å²) in [5.74, 6) is -0.384. The molecule has 8 heteroatoms. The highest BCUT2D eigenvalue weighted by Gasteiger charge is 2.60. The Morgan fingerprint density at radius 2 is 1.52 bits per heavy atom. The molecule has 0 unspecified atom stereocenters. The zero-order chi connectivity index (χ0) is 23.1. The molecular formula is C25H21ClN2O5. The number of halogens is 1. The van der Waals surface area contributed by atoms with Gasteiger partial charge in [-0.1, -0.05) is 35.9 Å². The Morgan fingerprint density at radius 1 is 0.818 bits per heavy atom. The molecule has 3 aromatic carbocycles. The molecule has 2 heterocycles. The largest absolute Gasteiger partial charge is 0.493 e. The molecule has 0 spiro atoms. The minimum Gasteiger partial charge on any atom is -0.493 e. The van der Waals surface area contributed by atoms with E-state index in [-0.39, 0.29) is 5.91 Å². The maximum Gasteiger partial charge on any atom is 0.266 e. The molecule has 33 heavy (non-hydrogen) atoms. The second-order valence-corrected chi connectivity index (χ2v) is 8.20. The van der Waals surface area contributed by atoms with Crippen LogP contribution < -0.4 is 19.4 Å². The summed E-state index contributed by atoms with van der Waals surface area (Å²) in [4.78, 5) is 34.3. The molecule has 2 fully saturated rings. The summed E-state index contributed by atoms with van der Waals surface area (Å²) in [5, 5.41) is 2.17. The highest BCUT2D eigenvalue weighted by Crippen LogP contribution is 2.48. The maximum absolute atomic E-state index is 13.6. The van der Waals surface area contributed by atoms with Crippen LogP contribution in [0, 0.1) is 5.92 Å². The van der Waals surface area contributed by atoms with Crippen molar-refractivity contribution in [3.63, 3.8) is 0 Å². The van der Waals surface area contributed by atoms with Gasteiger partial charge >= 0.3 is 0 Å². The highest BCUT2D eigenvalue weighted by molar-refractivity contribution is 6.31. The Morgan fingerprint density at radius 3 is 2.18 bits per heavy atom. The first-order valence-electron chi connectivity index (χ1n) is 10.4. The number of carbonyl (C=O) groups is 2. The number of nitrogens with zero attached hydrogens (tertiary/aromatic N) is 2. The van der Waals surface area contributed by atoms with Gasteiger partial charge in [0.05, 0.1) is 31.6 Å². The van der Waals surface area contributed by atoms with E-state index in [2.05, 4.69) is 0 Å². The number of anilines is 2. The van der Waals surface area contributed by atoms with Gasteiger partial charge in [0.1, 0.15) is 5.92 Å². The van der Waals surface area contributed by atoms with Gasteiger partial charge in [-0.05, 0) is 54.1 Å². The van der Waals surface area contributed by atoms with E-state index in [0.717, 1.165) is 11.3 Å². The molecule has 0 radical (unpaired) electrons. The van der Waals surface area contributed by atoms with Gasteiger partial charge in [0.2, 0.25) is 5.91 Å². The summed E-state index contributed by atoms with van der Waals surface area (Å²) in [6.45, 7) is 0. The number of imide groups is 1. The molecule has 2 amide bonds. The molecule has 0 N–H and O–H groups in total. The fourth-order valence-corrected chi connectivity index (χ4v) is 4.56. The van der Waals surface area contributed by atoms with Crippen LogP contribution >= 0.6 is 11.6 Å². The number of para-hydroxylation sites is 1. The first kappa shape index (κ1) is 21.3. The summed E-state index contributed by atoms with van der Waals surface area (Å²) in [6, 6.07) is 20.9. The lowest BCUT2D eigenvalue weighted by Gasteiger charge is -2.29. The first-order valence-corrected chi connectivity index (χ1v) is 10.8. The summed E-state index contributed by atoms with van der Waals surface area (Å²) in [6.07, 6.45) is -0.952. The minimum absolute atomic E-state index is 0.328. The third-order valence-electron chi connectivity index (χ3n) is 5.96. The third-order valence-corrected chi connectivity index (χ3v) is 6.21. The fraction of sp³-hybridized carbons (Fsp3) is 0.200. The van der Waals surface area contributed by atoms with Crippen molar-refractivity contribution >= 4 is 34.8 Å². The molecule has 2 aliphatic rings. The number of methoxy groups -OCH3 is 2. The van der Waals surface area contributed by atoms with Crippen LogP contribution in [-0.4, -0.2) is 32.1 Å². The lowest BCUT2D eigenvalue weighted by atomic mass is 9.90. The average molecular weight is 465 g/mol. The van der Waals surface area contributed by atoms with Gasteiger partial charge in [-0.25, -0.2) is 9.96 Å². The Bertz CT molecular complexity index is 1200. The van der Waals surface area contributed by atoms with Gasteiger partial charge in [0.15, 0.2) is 17.6 Å².